The van der Waals surface area contributed by atoms with Crippen LogP contribution in [0, 0.1) is 11.8 Å². The standard InChI is InChI=1S/C15H26N4O/c1-12(2)10-19-6-5-14(11-19)7-16-15(20)4-3-13-8-17-18-9-13/h8-9,12,14H,3-7,10-11H2,1-2H3,(H,16,20)(H,17,18)/t14-/m1/s1. The summed E-state index contributed by atoms with van der Waals surface area (Å²) in [5.74, 6) is 1.48. The van der Waals surface area contributed by atoms with Crippen molar-refractivity contribution in [2.75, 3.05) is 26.2 Å². The molecule has 2 rings (SSSR count). The molecule has 0 spiro atoms. The maximum Gasteiger partial charge on any atom is 0.220 e. The molecule has 0 unspecified atom stereocenters. The van der Waals surface area contributed by atoms with Crippen LogP contribution in [0.1, 0.15) is 32.3 Å². The maximum atomic E-state index is 11.8. The van der Waals surface area contributed by atoms with Crippen molar-refractivity contribution in [1.82, 2.24) is 20.4 Å². The van der Waals surface area contributed by atoms with Crippen LogP contribution in [0.25, 0.3) is 0 Å². The van der Waals surface area contributed by atoms with Gasteiger partial charge in [0.05, 0.1) is 6.20 Å². The fourth-order valence-electron chi connectivity index (χ4n) is 2.78. The number of aromatic amines is 1. The van der Waals surface area contributed by atoms with Crippen LogP contribution < -0.4 is 5.32 Å². The Balaban J connectivity index is 1.59. The average Bonchev–Trinajstić information content (AvgIpc) is 3.04. The Morgan fingerprint density at radius 2 is 2.45 bits per heavy atom. The number of carbonyl (C=O) groups is 1. The number of aryl methyl sites for hydroxylation is 1. The van der Waals surface area contributed by atoms with E-state index >= 15 is 0 Å². The van der Waals surface area contributed by atoms with Gasteiger partial charge in [0.1, 0.15) is 0 Å². The molecule has 0 bridgehead atoms. The fraction of sp³-hybridized carbons (Fsp3) is 0.733. The predicted molar refractivity (Wildman–Crippen MR) is 79.3 cm³/mol. The summed E-state index contributed by atoms with van der Waals surface area (Å²) in [6.07, 6.45) is 6.12. The molecule has 5 nitrogen and oxygen atoms in total. The molecule has 2 N–H and O–H groups in total. The van der Waals surface area contributed by atoms with Crippen LogP contribution in [-0.4, -0.2) is 47.2 Å². The molecule has 1 aromatic rings. The minimum atomic E-state index is 0.147. The monoisotopic (exact) mass is 278 g/mol. The highest BCUT2D eigenvalue weighted by molar-refractivity contribution is 5.76. The highest BCUT2D eigenvalue weighted by atomic mass is 16.1. The van der Waals surface area contributed by atoms with Gasteiger partial charge in [-0.25, -0.2) is 0 Å². The van der Waals surface area contributed by atoms with E-state index in [1.54, 1.807) is 6.20 Å². The molecule has 112 valence electrons. The molecule has 1 aliphatic rings. The van der Waals surface area contributed by atoms with Crippen molar-refractivity contribution in [2.45, 2.75) is 33.1 Å². The summed E-state index contributed by atoms with van der Waals surface area (Å²) in [6.45, 7) is 8.80. The van der Waals surface area contributed by atoms with E-state index in [4.69, 9.17) is 0 Å². The predicted octanol–water partition coefficient (Wildman–Crippen LogP) is 1.44. The summed E-state index contributed by atoms with van der Waals surface area (Å²) in [7, 11) is 0. The van der Waals surface area contributed by atoms with Crippen molar-refractivity contribution < 1.29 is 4.79 Å². The average molecular weight is 278 g/mol. The lowest BCUT2D eigenvalue weighted by atomic mass is 10.1. The first-order valence-electron chi connectivity index (χ1n) is 7.60. The van der Waals surface area contributed by atoms with Crippen LogP contribution in [0.5, 0.6) is 0 Å². The molecule has 0 saturated carbocycles. The van der Waals surface area contributed by atoms with Crippen LogP contribution >= 0.6 is 0 Å². The van der Waals surface area contributed by atoms with Crippen LogP contribution in [0.15, 0.2) is 12.4 Å². The van der Waals surface area contributed by atoms with Gasteiger partial charge in [-0.05, 0) is 36.8 Å². The Labute approximate surface area is 121 Å². The SMILES string of the molecule is CC(C)CN1CC[C@H](CNC(=O)CCc2cn[nH]c2)C1. The molecule has 5 heteroatoms. The smallest absolute Gasteiger partial charge is 0.220 e. The molecule has 0 aliphatic carbocycles. The summed E-state index contributed by atoms with van der Waals surface area (Å²) >= 11 is 0. The first kappa shape index (κ1) is 15.0. The van der Waals surface area contributed by atoms with Gasteiger partial charge in [0.25, 0.3) is 0 Å². The zero-order chi connectivity index (χ0) is 14.4. The van der Waals surface area contributed by atoms with Gasteiger partial charge >= 0.3 is 0 Å². The van der Waals surface area contributed by atoms with E-state index < -0.39 is 0 Å². The van der Waals surface area contributed by atoms with E-state index in [0.717, 1.165) is 31.0 Å². The third-order valence-electron chi connectivity index (χ3n) is 3.78. The second-order valence-electron chi connectivity index (χ2n) is 6.22. The third-order valence-corrected chi connectivity index (χ3v) is 3.78. The second-order valence-corrected chi connectivity index (χ2v) is 6.22. The largest absolute Gasteiger partial charge is 0.356 e. The number of aromatic nitrogens is 2. The molecule has 0 radical (unpaired) electrons. The van der Waals surface area contributed by atoms with Gasteiger partial charge in [-0.1, -0.05) is 13.8 Å². The van der Waals surface area contributed by atoms with Crippen molar-refractivity contribution in [1.29, 1.82) is 0 Å². The van der Waals surface area contributed by atoms with Crippen molar-refractivity contribution in [2.24, 2.45) is 11.8 Å². The van der Waals surface area contributed by atoms with E-state index in [9.17, 15) is 4.79 Å². The van der Waals surface area contributed by atoms with E-state index in [-0.39, 0.29) is 5.91 Å². The zero-order valence-corrected chi connectivity index (χ0v) is 12.6. The van der Waals surface area contributed by atoms with Gasteiger partial charge in [0, 0.05) is 32.3 Å². The van der Waals surface area contributed by atoms with Gasteiger partial charge in [-0.15, -0.1) is 0 Å². The van der Waals surface area contributed by atoms with Crippen molar-refractivity contribution in [3.63, 3.8) is 0 Å². The van der Waals surface area contributed by atoms with Crippen LogP contribution in [-0.2, 0) is 11.2 Å². The number of hydrogen-bond donors (Lipinski definition) is 2. The van der Waals surface area contributed by atoms with Crippen molar-refractivity contribution >= 4 is 5.91 Å². The molecule has 1 aromatic heterocycles. The lowest BCUT2D eigenvalue weighted by Crippen LogP contribution is -2.32. The van der Waals surface area contributed by atoms with E-state index in [0.29, 0.717) is 12.3 Å². The Morgan fingerprint density at radius 1 is 1.60 bits per heavy atom. The number of carbonyl (C=O) groups excluding carboxylic acids is 1. The maximum absolute atomic E-state index is 11.8. The molecule has 0 aromatic carbocycles. The number of nitrogens with zero attached hydrogens (tertiary/aromatic N) is 2. The third kappa shape index (κ3) is 4.96. The molecule has 1 amide bonds. The second kappa shape index (κ2) is 7.43. The van der Waals surface area contributed by atoms with Gasteiger partial charge in [-0.2, -0.15) is 5.10 Å². The Kier molecular flexibility index (Phi) is 5.59. The number of nitrogens with one attached hydrogen (secondary N) is 2. The molecule has 20 heavy (non-hydrogen) atoms. The van der Waals surface area contributed by atoms with Crippen LogP contribution in [0.2, 0.25) is 0 Å². The van der Waals surface area contributed by atoms with Crippen molar-refractivity contribution in [3.05, 3.63) is 18.0 Å². The first-order valence-corrected chi connectivity index (χ1v) is 7.60. The molecule has 1 fully saturated rings. The zero-order valence-electron chi connectivity index (χ0n) is 12.6. The summed E-state index contributed by atoms with van der Waals surface area (Å²) in [5.41, 5.74) is 1.09. The normalized spacial score (nSPS) is 19.6. The number of hydrogen-bond acceptors (Lipinski definition) is 3. The molecule has 1 saturated heterocycles. The Morgan fingerprint density at radius 3 is 3.15 bits per heavy atom. The summed E-state index contributed by atoms with van der Waals surface area (Å²) < 4.78 is 0. The molecule has 2 heterocycles. The van der Waals surface area contributed by atoms with E-state index in [2.05, 4.69) is 34.3 Å². The van der Waals surface area contributed by atoms with Crippen molar-refractivity contribution in [3.8, 4) is 0 Å². The van der Waals surface area contributed by atoms with Gasteiger partial charge in [0.2, 0.25) is 5.91 Å². The molecule has 1 atom stereocenters. The first-order chi connectivity index (χ1) is 9.63. The Hall–Kier alpha value is -1.36. The minimum Gasteiger partial charge on any atom is -0.356 e. The summed E-state index contributed by atoms with van der Waals surface area (Å²) in [4.78, 5) is 14.3. The van der Waals surface area contributed by atoms with Gasteiger partial charge < -0.3 is 10.2 Å². The van der Waals surface area contributed by atoms with E-state index in [1.165, 1.54) is 19.5 Å². The number of rotatable bonds is 7. The van der Waals surface area contributed by atoms with Gasteiger partial charge in [0.15, 0.2) is 0 Å². The lowest BCUT2D eigenvalue weighted by molar-refractivity contribution is -0.121. The number of amides is 1. The van der Waals surface area contributed by atoms with Gasteiger partial charge in [-0.3, -0.25) is 9.89 Å². The highest BCUT2D eigenvalue weighted by Gasteiger charge is 2.22. The van der Waals surface area contributed by atoms with Crippen LogP contribution in [0.4, 0.5) is 0 Å². The molecular weight excluding hydrogens is 252 g/mol. The summed E-state index contributed by atoms with van der Waals surface area (Å²) in [6, 6.07) is 0. The minimum absolute atomic E-state index is 0.147. The topological polar surface area (TPSA) is 61.0 Å². The Bertz CT molecular complexity index is 402. The summed E-state index contributed by atoms with van der Waals surface area (Å²) in [5, 5.41) is 9.71. The fourth-order valence-corrected chi connectivity index (χ4v) is 2.78. The number of likely N-dealkylation sites (tertiary alicyclic amines) is 1. The lowest BCUT2D eigenvalue weighted by Gasteiger charge is -2.18. The van der Waals surface area contributed by atoms with E-state index in [1.807, 2.05) is 6.20 Å². The molecule has 1 aliphatic heterocycles. The number of H-pyrrole nitrogens is 1. The molecular formula is C15H26N4O. The van der Waals surface area contributed by atoms with Crippen LogP contribution in [0.3, 0.4) is 0 Å². The quantitative estimate of drug-likeness (QED) is 0.793. The highest BCUT2D eigenvalue weighted by Crippen LogP contribution is 2.16.